The van der Waals surface area contributed by atoms with Crippen molar-refractivity contribution >= 4 is 5.91 Å². The van der Waals surface area contributed by atoms with Crippen LogP contribution in [0, 0.1) is 0 Å². The molecule has 0 heterocycles. The van der Waals surface area contributed by atoms with E-state index in [0.29, 0.717) is 26.2 Å². The fourth-order valence-electron chi connectivity index (χ4n) is 1.76. The van der Waals surface area contributed by atoms with Gasteiger partial charge in [-0.15, -0.1) is 0 Å². The van der Waals surface area contributed by atoms with Crippen molar-refractivity contribution in [3.8, 4) is 0 Å². The molecule has 0 spiro atoms. The minimum atomic E-state index is -0.328. The van der Waals surface area contributed by atoms with Gasteiger partial charge in [-0.25, -0.2) is 0 Å². The number of benzene rings is 1. The molecule has 4 heteroatoms. The van der Waals surface area contributed by atoms with Crippen molar-refractivity contribution in [2.45, 2.75) is 38.6 Å². The monoisotopic (exact) mass is 278 g/mol. The van der Waals surface area contributed by atoms with Gasteiger partial charge in [-0.05, 0) is 32.3 Å². The highest BCUT2D eigenvalue weighted by Crippen LogP contribution is 2.02. The van der Waals surface area contributed by atoms with Gasteiger partial charge >= 0.3 is 0 Å². The van der Waals surface area contributed by atoms with E-state index in [-0.39, 0.29) is 11.4 Å². The van der Waals surface area contributed by atoms with Crippen molar-refractivity contribution in [3.05, 3.63) is 35.9 Å². The van der Waals surface area contributed by atoms with Gasteiger partial charge < -0.3 is 15.8 Å². The number of hydrogen-bond acceptors (Lipinski definition) is 3. The van der Waals surface area contributed by atoms with Gasteiger partial charge in [0, 0.05) is 25.1 Å². The second kappa shape index (κ2) is 8.72. The van der Waals surface area contributed by atoms with Crippen molar-refractivity contribution in [1.29, 1.82) is 0 Å². The van der Waals surface area contributed by atoms with Crippen LogP contribution in [0.2, 0.25) is 0 Å². The maximum Gasteiger partial charge on any atom is 0.220 e. The maximum absolute atomic E-state index is 11.6. The lowest BCUT2D eigenvalue weighted by molar-refractivity contribution is -0.122. The lowest BCUT2D eigenvalue weighted by atomic mass is 10.1. The fraction of sp³-hybridized carbons (Fsp3) is 0.562. The van der Waals surface area contributed by atoms with Gasteiger partial charge in [0.1, 0.15) is 0 Å². The third-order valence-electron chi connectivity index (χ3n) is 3.06. The number of carbonyl (C=O) groups excluding carboxylic acids is 1. The summed E-state index contributed by atoms with van der Waals surface area (Å²) in [5, 5.41) is 2.90. The smallest absolute Gasteiger partial charge is 0.220 e. The minimum absolute atomic E-state index is 0.0344. The number of nitrogens with two attached hydrogens (primary N) is 1. The molecule has 0 saturated carbocycles. The van der Waals surface area contributed by atoms with Crippen LogP contribution in [-0.2, 0) is 16.0 Å². The van der Waals surface area contributed by atoms with Gasteiger partial charge in [-0.2, -0.15) is 0 Å². The van der Waals surface area contributed by atoms with Crippen LogP contribution in [0.3, 0.4) is 0 Å². The second-order valence-electron chi connectivity index (χ2n) is 5.59. The molecule has 112 valence electrons. The Labute approximate surface area is 121 Å². The van der Waals surface area contributed by atoms with Crippen LogP contribution in [-0.4, -0.2) is 31.2 Å². The van der Waals surface area contributed by atoms with Gasteiger partial charge in [0.2, 0.25) is 5.91 Å². The largest absolute Gasteiger partial charge is 0.381 e. The molecule has 0 saturated heterocycles. The lowest BCUT2D eigenvalue weighted by Crippen LogP contribution is -2.48. The Kier molecular flexibility index (Phi) is 7.26. The molecule has 0 atom stereocenters. The highest BCUT2D eigenvalue weighted by molar-refractivity contribution is 5.76. The van der Waals surface area contributed by atoms with Gasteiger partial charge in [-0.1, -0.05) is 30.3 Å². The van der Waals surface area contributed by atoms with Crippen molar-refractivity contribution < 1.29 is 9.53 Å². The molecule has 0 aliphatic carbocycles. The van der Waals surface area contributed by atoms with Crippen molar-refractivity contribution in [1.82, 2.24) is 5.32 Å². The Morgan fingerprint density at radius 2 is 1.95 bits per heavy atom. The number of ether oxygens (including phenoxy) is 1. The SMILES string of the molecule is CC(C)(CN)NC(=O)CCCOCCc1ccccc1. The first-order chi connectivity index (χ1) is 9.53. The average Bonchev–Trinajstić information content (AvgIpc) is 2.43. The summed E-state index contributed by atoms with van der Waals surface area (Å²) < 4.78 is 5.54. The van der Waals surface area contributed by atoms with E-state index in [2.05, 4.69) is 17.4 Å². The quantitative estimate of drug-likeness (QED) is 0.678. The summed E-state index contributed by atoms with van der Waals surface area (Å²) >= 11 is 0. The molecule has 20 heavy (non-hydrogen) atoms. The number of amides is 1. The van der Waals surface area contributed by atoms with E-state index in [4.69, 9.17) is 10.5 Å². The third-order valence-corrected chi connectivity index (χ3v) is 3.06. The fourth-order valence-corrected chi connectivity index (χ4v) is 1.76. The summed E-state index contributed by atoms with van der Waals surface area (Å²) in [5.74, 6) is 0.0344. The molecule has 3 N–H and O–H groups in total. The maximum atomic E-state index is 11.6. The molecular weight excluding hydrogens is 252 g/mol. The van der Waals surface area contributed by atoms with Crippen LogP contribution in [0.4, 0.5) is 0 Å². The molecule has 0 aliphatic rings. The Balaban J connectivity index is 2.03. The molecule has 0 aromatic heterocycles. The molecular formula is C16H26N2O2. The summed E-state index contributed by atoms with van der Waals surface area (Å²) in [6.45, 7) is 5.58. The second-order valence-corrected chi connectivity index (χ2v) is 5.59. The first-order valence-corrected chi connectivity index (χ1v) is 7.16. The van der Waals surface area contributed by atoms with E-state index in [1.165, 1.54) is 5.56 Å². The zero-order valence-electron chi connectivity index (χ0n) is 12.5. The summed E-state index contributed by atoms with van der Waals surface area (Å²) in [7, 11) is 0. The van der Waals surface area contributed by atoms with Crippen LogP contribution in [0.25, 0.3) is 0 Å². The molecule has 1 aromatic rings. The summed E-state index contributed by atoms with van der Waals surface area (Å²) in [6.07, 6.45) is 2.13. The summed E-state index contributed by atoms with van der Waals surface area (Å²) in [4.78, 5) is 11.6. The standard InChI is InChI=1S/C16H26N2O2/c1-16(2,13-17)18-15(19)9-6-11-20-12-10-14-7-4-3-5-8-14/h3-5,7-8H,6,9-13,17H2,1-2H3,(H,18,19). The highest BCUT2D eigenvalue weighted by Gasteiger charge is 2.17. The molecule has 1 rings (SSSR count). The normalized spacial score (nSPS) is 11.3. The van der Waals surface area contributed by atoms with Crippen LogP contribution in [0.1, 0.15) is 32.3 Å². The van der Waals surface area contributed by atoms with Crippen molar-refractivity contribution in [3.63, 3.8) is 0 Å². The Bertz CT molecular complexity index is 391. The molecule has 1 amide bonds. The highest BCUT2D eigenvalue weighted by atomic mass is 16.5. The third kappa shape index (κ3) is 7.26. The number of rotatable bonds is 9. The Morgan fingerprint density at radius 1 is 1.25 bits per heavy atom. The van der Waals surface area contributed by atoms with Crippen LogP contribution in [0.5, 0.6) is 0 Å². The van der Waals surface area contributed by atoms with Gasteiger partial charge in [-0.3, -0.25) is 4.79 Å². The van der Waals surface area contributed by atoms with E-state index in [9.17, 15) is 4.79 Å². The van der Waals surface area contributed by atoms with Gasteiger partial charge in [0.05, 0.1) is 6.61 Å². The predicted octanol–water partition coefficient (Wildman–Crippen LogP) is 1.88. The number of hydrogen-bond donors (Lipinski definition) is 2. The molecule has 0 fully saturated rings. The van der Waals surface area contributed by atoms with E-state index in [0.717, 1.165) is 12.8 Å². The van der Waals surface area contributed by atoms with Crippen LogP contribution in [0.15, 0.2) is 30.3 Å². The number of carbonyl (C=O) groups is 1. The summed E-state index contributed by atoms with van der Waals surface area (Å²) in [6, 6.07) is 10.2. The van der Waals surface area contributed by atoms with E-state index >= 15 is 0 Å². The molecule has 1 aromatic carbocycles. The molecule has 0 unspecified atom stereocenters. The molecule has 0 radical (unpaired) electrons. The Hall–Kier alpha value is -1.39. The van der Waals surface area contributed by atoms with Crippen molar-refractivity contribution in [2.75, 3.05) is 19.8 Å². The first-order valence-electron chi connectivity index (χ1n) is 7.16. The van der Waals surface area contributed by atoms with Crippen LogP contribution < -0.4 is 11.1 Å². The molecule has 0 bridgehead atoms. The predicted molar refractivity (Wildman–Crippen MR) is 81.5 cm³/mol. The summed E-state index contributed by atoms with van der Waals surface area (Å²) in [5.41, 5.74) is 6.51. The van der Waals surface area contributed by atoms with Crippen molar-refractivity contribution in [2.24, 2.45) is 5.73 Å². The van der Waals surface area contributed by atoms with Crippen LogP contribution >= 0.6 is 0 Å². The number of nitrogens with one attached hydrogen (secondary N) is 1. The Morgan fingerprint density at radius 3 is 2.60 bits per heavy atom. The van der Waals surface area contributed by atoms with Gasteiger partial charge in [0.15, 0.2) is 0 Å². The molecule has 0 aliphatic heterocycles. The molecule has 4 nitrogen and oxygen atoms in total. The zero-order chi connectivity index (χ0) is 14.8. The first kappa shape index (κ1) is 16.7. The minimum Gasteiger partial charge on any atom is -0.381 e. The topological polar surface area (TPSA) is 64.3 Å². The van der Waals surface area contributed by atoms with E-state index in [1.54, 1.807) is 0 Å². The zero-order valence-corrected chi connectivity index (χ0v) is 12.5. The van der Waals surface area contributed by atoms with E-state index < -0.39 is 0 Å². The van der Waals surface area contributed by atoms with E-state index in [1.807, 2.05) is 32.0 Å². The lowest BCUT2D eigenvalue weighted by Gasteiger charge is -2.24. The average molecular weight is 278 g/mol. The van der Waals surface area contributed by atoms with Gasteiger partial charge in [0.25, 0.3) is 0 Å².